The summed E-state index contributed by atoms with van der Waals surface area (Å²) < 4.78 is 10.9. The molecule has 2 aromatic rings. The minimum atomic E-state index is 0. The normalized spacial score (nSPS) is 14.0. The van der Waals surface area contributed by atoms with Crippen LogP contribution in [0, 0.1) is 6.92 Å². The fraction of sp³-hybridized carbons (Fsp3) is 0.476. The number of aryl methyl sites for hydroxylation is 1. The van der Waals surface area contributed by atoms with Gasteiger partial charge in [-0.15, -0.1) is 35.3 Å². The number of ether oxygens (including phenoxy) is 2. The number of halogens is 1. The molecule has 0 fully saturated rings. The highest BCUT2D eigenvalue weighted by atomic mass is 127. The van der Waals surface area contributed by atoms with E-state index >= 15 is 0 Å². The van der Waals surface area contributed by atoms with Gasteiger partial charge in [0.05, 0.1) is 20.8 Å². The molecule has 160 valence electrons. The van der Waals surface area contributed by atoms with Crippen LogP contribution < -0.4 is 20.1 Å². The van der Waals surface area contributed by atoms with Crippen LogP contribution in [0.1, 0.15) is 21.6 Å². The lowest BCUT2D eigenvalue weighted by Crippen LogP contribution is -2.42. The third-order valence-corrected chi connectivity index (χ3v) is 6.15. The van der Waals surface area contributed by atoms with Gasteiger partial charge in [-0.2, -0.15) is 0 Å². The summed E-state index contributed by atoms with van der Waals surface area (Å²) in [6.45, 7) is 6.74. The molecule has 1 aliphatic heterocycles. The quantitative estimate of drug-likeness (QED) is 0.327. The second-order valence-electron chi connectivity index (χ2n) is 6.88. The van der Waals surface area contributed by atoms with Crippen LogP contribution in [0.5, 0.6) is 11.5 Å². The van der Waals surface area contributed by atoms with Gasteiger partial charge in [-0.25, -0.2) is 0 Å². The van der Waals surface area contributed by atoms with Crippen LogP contribution in [-0.2, 0) is 19.5 Å². The van der Waals surface area contributed by atoms with Crippen molar-refractivity contribution >= 4 is 41.3 Å². The number of guanidine groups is 1. The van der Waals surface area contributed by atoms with Crippen LogP contribution in [0.4, 0.5) is 0 Å². The molecular formula is C21H31IN4O2S. The Labute approximate surface area is 194 Å². The highest BCUT2D eigenvalue weighted by Crippen LogP contribution is 2.33. The maximum atomic E-state index is 5.45. The van der Waals surface area contributed by atoms with E-state index in [-0.39, 0.29) is 24.0 Å². The Bertz CT molecular complexity index is 825. The minimum absolute atomic E-state index is 0. The van der Waals surface area contributed by atoms with E-state index in [0.29, 0.717) is 0 Å². The summed E-state index contributed by atoms with van der Waals surface area (Å²) in [6.07, 6.45) is 1.03. The summed E-state index contributed by atoms with van der Waals surface area (Å²) in [4.78, 5) is 8.13. The Hall–Kier alpha value is -1.52. The first-order valence-corrected chi connectivity index (χ1v) is 10.5. The average Bonchev–Trinajstić information content (AvgIpc) is 3.14. The molecule has 6 nitrogen and oxygen atoms in total. The standard InChI is InChI=1S/C21H30N4O2S.HI/c1-15-6-10-28-20(15)13-24-21(22-2)23-7-9-25-8-5-16-11-18(26-3)19(27-4)12-17(16)14-25;/h6,10-12H,5,7-9,13-14H2,1-4H3,(H2,22,23,24);1H. The van der Waals surface area contributed by atoms with E-state index in [0.717, 1.165) is 56.6 Å². The lowest BCUT2D eigenvalue weighted by atomic mass is 9.99. The highest BCUT2D eigenvalue weighted by Gasteiger charge is 2.19. The molecule has 29 heavy (non-hydrogen) atoms. The number of hydrogen-bond donors (Lipinski definition) is 2. The fourth-order valence-corrected chi connectivity index (χ4v) is 4.28. The summed E-state index contributed by atoms with van der Waals surface area (Å²) >= 11 is 1.77. The summed E-state index contributed by atoms with van der Waals surface area (Å²) in [6, 6.07) is 6.37. The van der Waals surface area contributed by atoms with Gasteiger partial charge in [-0.3, -0.25) is 9.89 Å². The summed E-state index contributed by atoms with van der Waals surface area (Å²) in [5, 5.41) is 8.94. The average molecular weight is 530 g/mol. The summed E-state index contributed by atoms with van der Waals surface area (Å²) in [5.41, 5.74) is 4.00. The van der Waals surface area contributed by atoms with E-state index < -0.39 is 0 Å². The SMILES string of the molecule is CN=C(NCCN1CCc2cc(OC)c(OC)cc2C1)NCc1sccc1C.I. The van der Waals surface area contributed by atoms with Gasteiger partial charge in [0.1, 0.15) is 0 Å². The highest BCUT2D eigenvalue weighted by molar-refractivity contribution is 14.0. The van der Waals surface area contributed by atoms with Gasteiger partial charge >= 0.3 is 0 Å². The topological polar surface area (TPSA) is 58.1 Å². The number of aliphatic imine (C=N–C) groups is 1. The molecule has 1 aromatic heterocycles. The molecule has 2 heterocycles. The number of rotatable bonds is 7. The molecule has 0 aliphatic carbocycles. The molecule has 0 radical (unpaired) electrons. The van der Waals surface area contributed by atoms with Crippen LogP contribution in [0.15, 0.2) is 28.6 Å². The first kappa shape index (κ1) is 23.8. The Balaban J connectivity index is 0.00000300. The molecule has 0 spiro atoms. The Morgan fingerprint density at radius 3 is 2.52 bits per heavy atom. The Morgan fingerprint density at radius 1 is 1.17 bits per heavy atom. The van der Waals surface area contributed by atoms with Crippen molar-refractivity contribution in [3.8, 4) is 11.5 Å². The van der Waals surface area contributed by atoms with Crippen molar-refractivity contribution in [1.29, 1.82) is 0 Å². The number of fused-ring (bicyclic) bond motifs is 1. The van der Waals surface area contributed by atoms with Crippen LogP contribution in [-0.4, -0.2) is 51.8 Å². The molecule has 0 saturated heterocycles. The van der Waals surface area contributed by atoms with Gasteiger partial charge in [0, 0.05) is 38.1 Å². The van der Waals surface area contributed by atoms with E-state index in [4.69, 9.17) is 9.47 Å². The van der Waals surface area contributed by atoms with Crippen molar-refractivity contribution in [2.24, 2.45) is 4.99 Å². The maximum Gasteiger partial charge on any atom is 0.191 e. The van der Waals surface area contributed by atoms with E-state index in [2.05, 4.69) is 51.0 Å². The third-order valence-electron chi connectivity index (χ3n) is 5.13. The van der Waals surface area contributed by atoms with E-state index in [1.165, 1.54) is 21.6 Å². The predicted molar refractivity (Wildman–Crippen MR) is 131 cm³/mol. The molecular weight excluding hydrogens is 499 g/mol. The number of hydrogen-bond acceptors (Lipinski definition) is 5. The van der Waals surface area contributed by atoms with E-state index in [9.17, 15) is 0 Å². The Kier molecular flexibility index (Phi) is 9.51. The second-order valence-corrected chi connectivity index (χ2v) is 7.88. The molecule has 0 atom stereocenters. The first-order chi connectivity index (χ1) is 13.6. The zero-order valence-electron chi connectivity index (χ0n) is 17.6. The lowest BCUT2D eigenvalue weighted by Gasteiger charge is -2.29. The van der Waals surface area contributed by atoms with Gasteiger partial charge in [0.15, 0.2) is 17.5 Å². The number of benzene rings is 1. The molecule has 0 bridgehead atoms. The van der Waals surface area contributed by atoms with Crippen LogP contribution in [0.25, 0.3) is 0 Å². The molecule has 0 unspecified atom stereocenters. The van der Waals surface area contributed by atoms with Crippen molar-refractivity contribution in [2.75, 3.05) is 40.9 Å². The summed E-state index contributed by atoms with van der Waals surface area (Å²) in [7, 11) is 5.18. The predicted octanol–water partition coefficient (Wildman–Crippen LogP) is 3.42. The molecule has 0 saturated carbocycles. The molecule has 1 aliphatic rings. The maximum absolute atomic E-state index is 5.45. The molecule has 8 heteroatoms. The van der Waals surface area contributed by atoms with Crippen LogP contribution >= 0.6 is 35.3 Å². The molecule has 0 amide bonds. The number of thiophene rings is 1. The van der Waals surface area contributed by atoms with Gasteiger partial charge in [-0.05, 0) is 53.6 Å². The zero-order valence-corrected chi connectivity index (χ0v) is 20.7. The summed E-state index contributed by atoms with van der Waals surface area (Å²) in [5.74, 6) is 2.46. The smallest absolute Gasteiger partial charge is 0.191 e. The Morgan fingerprint density at radius 2 is 1.90 bits per heavy atom. The van der Waals surface area contributed by atoms with Crippen LogP contribution in [0.2, 0.25) is 0 Å². The van der Waals surface area contributed by atoms with Gasteiger partial charge < -0.3 is 20.1 Å². The molecule has 1 aromatic carbocycles. The number of nitrogens with one attached hydrogen (secondary N) is 2. The lowest BCUT2D eigenvalue weighted by molar-refractivity contribution is 0.256. The number of methoxy groups -OCH3 is 2. The van der Waals surface area contributed by atoms with Crippen molar-refractivity contribution in [3.05, 3.63) is 45.1 Å². The minimum Gasteiger partial charge on any atom is -0.493 e. The second kappa shape index (κ2) is 11.6. The van der Waals surface area contributed by atoms with Gasteiger partial charge in [0.2, 0.25) is 0 Å². The van der Waals surface area contributed by atoms with Crippen molar-refractivity contribution in [1.82, 2.24) is 15.5 Å². The molecule has 3 rings (SSSR count). The van der Waals surface area contributed by atoms with Crippen molar-refractivity contribution < 1.29 is 9.47 Å². The monoisotopic (exact) mass is 530 g/mol. The fourth-order valence-electron chi connectivity index (χ4n) is 3.43. The number of nitrogens with zero attached hydrogens (tertiary/aromatic N) is 2. The molecule has 2 N–H and O–H groups in total. The van der Waals surface area contributed by atoms with Gasteiger partial charge in [-0.1, -0.05) is 0 Å². The van der Waals surface area contributed by atoms with Gasteiger partial charge in [0.25, 0.3) is 0 Å². The van der Waals surface area contributed by atoms with E-state index in [1.807, 2.05) is 7.05 Å². The van der Waals surface area contributed by atoms with Crippen molar-refractivity contribution in [3.63, 3.8) is 0 Å². The third kappa shape index (κ3) is 6.23. The van der Waals surface area contributed by atoms with Crippen LogP contribution in [0.3, 0.4) is 0 Å². The first-order valence-electron chi connectivity index (χ1n) is 9.58. The zero-order chi connectivity index (χ0) is 19.9. The van der Waals surface area contributed by atoms with E-state index in [1.54, 1.807) is 25.6 Å². The van der Waals surface area contributed by atoms with Crippen molar-refractivity contribution in [2.45, 2.75) is 26.4 Å². The largest absolute Gasteiger partial charge is 0.493 e.